The molecule has 0 heterocycles. The Kier molecular flexibility index (Phi) is 13.7. The highest BCUT2D eigenvalue weighted by Crippen LogP contribution is 2.18. The van der Waals surface area contributed by atoms with Gasteiger partial charge in [-0.25, -0.2) is 0 Å². The molecule has 0 radical (unpaired) electrons. The maximum Gasteiger partial charge on any atom is 0.00723 e. The van der Waals surface area contributed by atoms with Crippen LogP contribution in [0.1, 0.15) is 73.1 Å². The number of hydrogen-bond acceptors (Lipinski definition) is 1. The van der Waals surface area contributed by atoms with Crippen LogP contribution in [0.4, 0.5) is 0 Å². The Hall–Kier alpha value is 0.350. The number of rotatable bonds is 0. The Balaban J connectivity index is 0. The molecule has 0 aromatic carbocycles. The van der Waals surface area contributed by atoms with Gasteiger partial charge in [-0.05, 0) is 6.26 Å². The standard InChI is InChI=1S/C6H12.C5H12S.C2H6/c1-2-4-6-5-3-1;1-5(2,3)6-4;1-2/h1-6H2;1-4H3;1-2H3. The summed E-state index contributed by atoms with van der Waals surface area (Å²) in [5, 5.41) is 0. The van der Waals surface area contributed by atoms with E-state index in [4.69, 9.17) is 0 Å². The fourth-order valence-electron chi connectivity index (χ4n) is 1.06. The van der Waals surface area contributed by atoms with Crippen molar-refractivity contribution in [3.63, 3.8) is 0 Å². The van der Waals surface area contributed by atoms with Crippen molar-refractivity contribution in [2.75, 3.05) is 6.26 Å². The van der Waals surface area contributed by atoms with Crippen LogP contribution in [0.3, 0.4) is 0 Å². The zero-order chi connectivity index (χ0) is 11.4. The van der Waals surface area contributed by atoms with Crippen LogP contribution in [-0.4, -0.2) is 11.0 Å². The van der Waals surface area contributed by atoms with Gasteiger partial charge in [-0.2, -0.15) is 11.8 Å². The molecule has 1 saturated carbocycles. The molecule has 0 aromatic rings. The second kappa shape index (κ2) is 11.4. The van der Waals surface area contributed by atoms with Crippen molar-refractivity contribution in [3.8, 4) is 0 Å². The van der Waals surface area contributed by atoms with Crippen LogP contribution in [0.2, 0.25) is 0 Å². The molecule has 0 amide bonds. The molecule has 1 fully saturated rings. The van der Waals surface area contributed by atoms with Gasteiger partial charge >= 0.3 is 0 Å². The molecule has 0 N–H and O–H groups in total. The van der Waals surface area contributed by atoms with E-state index in [1.165, 1.54) is 38.5 Å². The molecule has 0 unspecified atom stereocenters. The van der Waals surface area contributed by atoms with Crippen LogP contribution in [0, 0.1) is 0 Å². The summed E-state index contributed by atoms with van der Waals surface area (Å²) in [5.41, 5.74) is 0. The van der Waals surface area contributed by atoms with Gasteiger partial charge in [0.15, 0.2) is 0 Å². The SMILES string of the molecule is C1CCCCC1.CC.CSC(C)(C)C. The summed E-state index contributed by atoms with van der Waals surface area (Å²) in [4.78, 5) is 0. The highest BCUT2D eigenvalue weighted by Gasteiger charge is 2.04. The Morgan fingerprint density at radius 1 is 0.714 bits per heavy atom. The highest BCUT2D eigenvalue weighted by atomic mass is 32.2. The summed E-state index contributed by atoms with van der Waals surface area (Å²) in [7, 11) is 0. The smallest absolute Gasteiger partial charge is 0.00723 e. The van der Waals surface area contributed by atoms with Gasteiger partial charge in [0, 0.05) is 4.75 Å². The molecule has 1 aliphatic carbocycles. The predicted molar refractivity (Wildman–Crippen MR) is 72.3 cm³/mol. The number of thioether (sulfide) groups is 1. The summed E-state index contributed by atoms with van der Waals surface area (Å²) in [6.45, 7) is 10.6. The Labute approximate surface area is 96.2 Å². The molecule has 1 heteroatoms. The Morgan fingerprint density at radius 2 is 0.857 bits per heavy atom. The van der Waals surface area contributed by atoms with Crippen molar-refractivity contribution in [3.05, 3.63) is 0 Å². The van der Waals surface area contributed by atoms with Gasteiger partial charge < -0.3 is 0 Å². The van der Waals surface area contributed by atoms with E-state index in [-0.39, 0.29) is 0 Å². The van der Waals surface area contributed by atoms with Gasteiger partial charge in [0.05, 0.1) is 0 Å². The zero-order valence-electron chi connectivity index (χ0n) is 11.2. The third kappa shape index (κ3) is 18.2. The molecular formula is C13H30S. The van der Waals surface area contributed by atoms with Gasteiger partial charge in [0.1, 0.15) is 0 Å². The first-order chi connectivity index (χ1) is 6.56. The van der Waals surface area contributed by atoms with E-state index in [2.05, 4.69) is 27.0 Å². The van der Waals surface area contributed by atoms with Crippen LogP contribution in [0.5, 0.6) is 0 Å². The minimum absolute atomic E-state index is 0.458. The van der Waals surface area contributed by atoms with Crippen molar-refractivity contribution >= 4 is 11.8 Å². The van der Waals surface area contributed by atoms with E-state index in [0.29, 0.717) is 4.75 Å². The van der Waals surface area contributed by atoms with Gasteiger partial charge in [-0.15, -0.1) is 0 Å². The van der Waals surface area contributed by atoms with E-state index in [9.17, 15) is 0 Å². The molecule has 0 saturated heterocycles. The Morgan fingerprint density at radius 3 is 0.929 bits per heavy atom. The maximum absolute atomic E-state index is 2.21. The quantitative estimate of drug-likeness (QED) is 0.516. The summed E-state index contributed by atoms with van der Waals surface area (Å²) >= 11 is 1.88. The first-order valence-electron chi connectivity index (χ1n) is 6.11. The predicted octanol–water partition coefficient (Wildman–Crippen LogP) is 5.51. The average molecular weight is 218 g/mol. The lowest BCUT2D eigenvalue weighted by Crippen LogP contribution is -2.04. The molecule has 14 heavy (non-hydrogen) atoms. The third-order valence-electron chi connectivity index (χ3n) is 2.11. The van der Waals surface area contributed by atoms with E-state index >= 15 is 0 Å². The van der Waals surface area contributed by atoms with Crippen LogP contribution in [0.25, 0.3) is 0 Å². The van der Waals surface area contributed by atoms with Crippen molar-refractivity contribution < 1.29 is 0 Å². The van der Waals surface area contributed by atoms with E-state index in [1.807, 2.05) is 25.6 Å². The third-order valence-corrected chi connectivity index (χ3v) is 3.34. The lowest BCUT2D eigenvalue weighted by Gasteiger charge is -2.12. The normalized spacial score (nSPS) is 15.9. The summed E-state index contributed by atoms with van der Waals surface area (Å²) in [6, 6.07) is 0. The topological polar surface area (TPSA) is 0 Å². The zero-order valence-corrected chi connectivity index (χ0v) is 12.0. The second-order valence-electron chi connectivity index (χ2n) is 4.44. The summed E-state index contributed by atoms with van der Waals surface area (Å²) in [5.74, 6) is 0. The van der Waals surface area contributed by atoms with Crippen LogP contribution in [-0.2, 0) is 0 Å². The first kappa shape index (κ1) is 16.8. The molecule has 88 valence electrons. The Bertz CT molecular complexity index is 76.4. The van der Waals surface area contributed by atoms with Gasteiger partial charge in [0.2, 0.25) is 0 Å². The van der Waals surface area contributed by atoms with E-state index < -0.39 is 0 Å². The van der Waals surface area contributed by atoms with Crippen molar-refractivity contribution in [2.45, 2.75) is 77.9 Å². The van der Waals surface area contributed by atoms with Gasteiger partial charge in [0.25, 0.3) is 0 Å². The summed E-state index contributed by atoms with van der Waals surface area (Å²) in [6.07, 6.45) is 11.1. The van der Waals surface area contributed by atoms with E-state index in [0.717, 1.165) is 0 Å². The molecule has 0 aliphatic heterocycles. The summed E-state index contributed by atoms with van der Waals surface area (Å²) < 4.78 is 0.458. The number of hydrogen-bond donors (Lipinski definition) is 0. The van der Waals surface area contributed by atoms with Gasteiger partial charge in [-0.3, -0.25) is 0 Å². The molecule has 0 bridgehead atoms. The minimum Gasteiger partial charge on any atom is -0.159 e. The fraction of sp³-hybridized carbons (Fsp3) is 1.00. The lowest BCUT2D eigenvalue weighted by atomic mass is 10.0. The van der Waals surface area contributed by atoms with Crippen LogP contribution >= 0.6 is 11.8 Å². The molecule has 0 atom stereocenters. The van der Waals surface area contributed by atoms with Crippen LogP contribution < -0.4 is 0 Å². The van der Waals surface area contributed by atoms with Crippen LogP contribution in [0.15, 0.2) is 0 Å². The molecule has 1 aliphatic rings. The lowest BCUT2D eigenvalue weighted by molar-refractivity contribution is 0.504. The second-order valence-corrected chi connectivity index (χ2v) is 6.07. The maximum atomic E-state index is 2.21. The molecule has 0 aromatic heterocycles. The van der Waals surface area contributed by atoms with Crippen molar-refractivity contribution in [1.29, 1.82) is 0 Å². The highest BCUT2D eigenvalue weighted by molar-refractivity contribution is 7.99. The molecule has 0 nitrogen and oxygen atoms in total. The molecular weight excluding hydrogens is 188 g/mol. The monoisotopic (exact) mass is 218 g/mol. The van der Waals surface area contributed by atoms with Gasteiger partial charge in [-0.1, -0.05) is 73.1 Å². The molecule has 1 rings (SSSR count). The molecule has 0 spiro atoms. The largest absolute Gasteiger partial charge is 0.159 e. The average Bonchev–Trinajstić information content (AvgIpc) is 2.23. The van der Waals surface area contributed by atoms with Crippen molar-refractivity contribution in [2.24, 2.45) is 0 Å². The first-order valence-corrected chi connectivity index (χ1v) is 7.34. The van der Waals surface area contributed by atoms with E-state index in [1.54, 1.807) is 0 Å². The van der Waals surface area contributed by atoms with Crippen molar-refractivity contribution in [1.82, 2.24) is 0 Å². The minimum atomic E-state index is 0.458. The fourth-order valence-corrected chi connectivity index (χ4v) is 1.06.